The third kappa shape index (κ3) is 4.38. The van der Waals surface area contributed by atoms with E-state index >= 15 is 0 Å². The summed E-state index contributed by atoms with van der Waals surface area (Å²) in [4.78, 5) is 22.5. The zero-order chi connectivity index (χ0) is 13.8. The van der Waals surface area contributed by atoms with Gasteiger partial charge in [0.2, 0.25) is 0 Å². The van der Waals surface area contributed by atoms with E-state index in [0.29, 0.717) is 12.5 Å². The summed E-state index contributed by atoms with van der Waals surface area (Å²) in [6, 6.07) is -1.47. The molecule has 0 bridgehead atoms. The molecule has 19 heavy (non-hydrogen) atoms. The standard InChI is InChI=1S/C13H22N2O4/c16-6-5-11(12(17)18)15-13(19)14-7-10(8-1-2-8)9-3-4-9/h8-11,16H,1-7H2,(H,17,18)(H2,14,15,19)/t11-/m1/s1. The highest BCUT2D eigenvalue weighted by Gasteiger charge is 2.41. The first kappa shape index (κ1) is 14.1. The van der Waals surface area contributed by atoms with Crippen LogP contribution in [-0.2, 0) is 4.79 Å². The number of hydrogen-bond acceptors (Lipinski definition) is 3. The molecule has 0 radical (unpaired) electrons. The fourth-order valence-electron chi connectivity index (χ4n) is 2.57. The summed E-state index contributed by atoms with van der Waals surface area (Å²) >= 11 is 0. The van der Waals surface area contributed by atoms with E-state index in [1.165, 1.54) is 25.7 Å². The molecule has 0 unspecified atom stereocenters. The first-order valence-electron chi connectivity index (χ1n) is 7.00. The lowest BCUT2D eigenvalue weighted by molar-refractivity contribution is -0.139. The maximum Gasteiger partial charge on any atom is 0.326 e. The fraction of sp³-hybridized carbons (Fsp3) is 0.846. The molecule has 0 saturated heterocycles. The van der Waals surface area contributed by atoms with Crippen LogP contribution in [0.3, 0.4) is 0 Å². The lowest BCUT2D eigenvalue weighted by Crippen LogP contribution is -2.47. The molecule has 2 rings (SSSR count). The van der Waals surface area contributed by atoms with Gasteiger partial charge in [0, 0.05) is 19.6 Å². The van der Waals surface area contributed by atoms with E-state index in [2.05, 4.69) is 10.6 Å². The Morgan fingerprint density at radius 3 is 2.16 bits per heavy atom. The van der Waals surface area contributed by atoms with Crippen LogP contribution in [-0.4, -0.2) is 41.4 Å². The molecule has 2 aliphatic rings. The van der Waals surface area contributed by atoms with Crippen LogP contribution in [0.25, 0.3) is 0 Å². The number of amides is 2. The molecule has 4 N–H and O–H groups in total. The van der Waals surface area contributed by atoms with Gasteiger partial charge in [-0.05, 0) is 43.4 Å². The average molecular weight is 270 g/mol. The molecule has 0 aromatic carbocycles. The molecule has 0 spiro atoms. The van der Waals surface area contributed by atoms with Gasteiger partial charge >= 0.3 is 12.0 Å². The van der Waals surface area contributed by atoms with Crippen molar-refractivity contribution in [1.82, 2.24) is 10.6 Å². The molecular formula is C13H22N2O4. The van der Waals surface area contributed by atoms with E-state index in [1.807, 2.05) is 0 Å². The minimum Gasteiger partial charge on any atom is -0.480 e. The third-order valence-electron chi connectivity index (χ3n) is 3.97. The van der Waals surface area contributed by atoms with Crippen LogP contribution in [0, 0.1) is 17.8 Å². The zero-order valence-electron chi connectivity index (χ0n) is 11.0. The Morgan fingerprint density at radius 1 is 1.16 bits per heavy atom. The molecule has 1 atom stereocenters. The van der Waals surface area contributed by atoms with Gasteiger partial charge in [0.1, 0.15) is 6.04 Å². The summed E-state index contributed by atoms with van der Waals surface area (Å²) in [7, 11) is 0. The van der Waals surface area contributed by atoms with Crippen LogP contribution in [0.1, 0.15) is 32.1 Å². The first-order valence-corrected chi connectivity index (χ1v) is 7.00. The van der Waals surface area contributed by atoms with E-state index in [4.69, 9.17) is 10.2 Å². The maximum absolute atomic E-state index is 11.7. The molecular weight excluding hydrogens is 248 g/mol. The highest BCUT2D eigenvalue weighted by molar-refractivity contribution is 5.82. The normalized spacial score (nSPS) is 20.1. The summed E-state index contributed by atoms with van der Waals surface area (Å²) in [6.45, 7) is 0.372. The number of hydrogen-bond donors (Lipinski definition) is 4. The Hall–Kier alpha value is -1.30. The summed E-state index contributed by atoms with van der Waals surface area (Å²) < 4.78 is 0. The number of carboxylic acids is 1. The van der Waals surface area contributed by atoms with Crippen molar-refractivity contribution in [2.24, 2.45) is 17.8 Å². The number of aliphatic hydroxyl groups is 1. The van der Waals surface area contributed by atoms with E-state index in [0.717, 1.165) is 11.8 Å². The quantitative estimate of drug-likeness (QED) is 0.518. The molecule has 2 aliphatic carbocycles. The van der Waals surface area contributed by atoms with Crippen LogP contribution in [0.15, 0.2) is 0 Å². The van der Waals surface area contributed by atoms with Gasteiger partial charge in [-0.15, -0.1) is 0 Å². The van der Waals surface area contributed by atoms with Gasteiger partial charge in [-0.2, -0.15) is 0 Å². The van der Waals surface area contributed by atoms with Gasteiger partial charge in [0.05, 0.1) is 0 Å². The smallest absolute Gasteiger partial charge is 0.326 e. The number of carbonyl (C=O) groups excluding carboxylic acids is 1. The predicted octanol–water partition coefficient (Wildman–Crippen LogP) is 0.557. The van der Waals surface area contributed by atoms with E-state index < -0.39 is 18.0 Å². The average Bonchev–Trinajstić information content (AvgIpc) is 3.22. The van der Waals surface area contributed by atoms with Crippen LogP contribution < -0.4 is 10.6 Å². The summed E-state index contributed by atoms with van der Waals surface area (Å²) in [5.41, 5.74) is 0. The topological polar surface area (TPSA) is 98.7 Å². The second-order valence-corrected chi connectivity index (χ2v) is 5.60. The van der Waals surface area contributed by atoms with E-state index in [-0.39, 0.29) is 13.0 Å². The molecule has 0 heterocycles. The van der Waals surface area contributed by atoms with Crippen molar-refractivity contribution in [3.63, 3.8) is 0 Å². The first-order chi connectivity index (χ1) is 9.11. The Labute approximate surface area is 112 Å². The van der Waals surface area contributed by atoms with Gasteiger partial charge in [-0.1, -0.05) is 0 Å². The highest BCUT2D eigenvalue weighted by Crippen LogP contribution is 2.48. The van der Waals surface area contributed by atoms with Crippen molar-refractivity contribution in [2.75, 3.05) is 13.2 Å². The number of aliphatic carboxylic acids is 1. The van der Waals surface area contributed by atoms with Crippen molar-refractivity contribution in [1.29, 1.82) is 0 Å². The monoisotopic (exact) mass is 270 g/mol. The van der Waals surface area contributed by atoms with Gasteiger partial charge in [0.25, 0.3) is 0 Å². The van der Waals surface area contributed by atoms with Crippen molar-refractivity contribution < 1.29 is 19.8 Å². The molecule has 2 saturated carbocycles. The number of urea groups is 1. The summed E-state index contributed by atoms with van der Waals surface area (Å²) in [5, 5.41) is 22.8. The number of nitrogens with one attached hydrogen (secondary N) is 2. The lowest BCUT2D eigenvalue weighted by Gasteiger charge is -2.18. The Kier molecular flexibility index (Phi) is 4.63. The second kappa shape index (κ2) is 6.23. The van der Waals surface area contributed by atoms with Gasteiger partial charge in [-0.3, -0.25) is 0 Å². The fourth-order valence-corrected chi connectivity index (χ4v) is 2.57. The number of carboxylic acid groups (broad SMARTS) is 1. The van der Waals surface area contributed by atoms with Crippen molar-refractivity contribution in [3.05, 3.63) is 0 Å². The SMILES string of the molecule is O=C(NCC(C1CC1)C1CC1)N[C@H](CCO)C(=O)O. The van der Waals surface area contributed by atoms with Crippen LogP contribution in [0.5, 0.6) is 0 Å². The van der Waals surface area contributed by atoms with Crippen molar-refractivity contribution in [3.8, 4) is 0 Å². The van der Waals surface area contributed by atoms with Crippen LogP contribution in [0.4, 0.5) is 4.79 Å². The molecule has 2 amide bonds. The number of carbonyl (C=O) groups is 2. The zero-order valence-corrected chi connectivity index (χ0v) is 11.0. The molecule has 108 valence electrons. The second-order valence-electron chi connectivity index (χ2n) is 5.60. The predicted molar refractivity (Wildman–Crippen MR) is 68.6 cm³/mol. The van der Waals surface area contributed by atoms with E-state index in [1.54, 1.807) is 0 Å². The summed E-state index contributed by atoms with van der Waals surface area (Å²) in [5.74, 6) is 0.943. The van der Waals surface area contributed by atoms with Gasteiger partial charge < -0.3 is 20.8 Å². The van der Waals surface area contributed by atoms with Crippen LogP contribution in [0.2, 0.25) is 0 Å². The summed E-state index contributed by atoms with van der Waals surface area (Å²) in [6.07, 6.45) is 5.05. The maximum atomic E-state index is 11.7. The van der Waals surface area contributed by atoms with Crippen molar-refractivity contribution >= 4 is 12.0 Å². The number of aliphatic hydroxyl groups excluding tert-OH is 1. The van der Waals surface area contributed by atoms with Gasteiger partial charge in [0.15, 0.2) is 0 Å². The Bertz CT molecular complexity index is 328. The molecule has 0 aromatic rings. The number of rotatable bonds is 8. The van der Waals surface area contributed by atoms with Crippen molar-refractivity contribution in [2.45, 2.75) is 38.1 Å². The van der Waals surface area contributed by atoms with Crippen LogP contribution >= 0.6 is 0 Å². The highest BCUT2D eigenvalue weighted by atomic mass is 16.4. The third-order valence-corrected chi connectivity index (χ3v) is 3.97. The largest absolute Gasteiger partial charge is 0.480 e. The molecule has 2 fully saturated rings. The molecule has 6 heteroatoms. The lowest BCUT2D eigenvalue weighted by atomic mass is 9.98. The van der Waals surface area contributed by atoms with Gasteiger partial charge in [-0.25, -0.2) is 9.59 Å². The minimum atomic E-state index is -1.12. The molecule has 0 aromatic heterocycles. The Balaban J connectivity index is 1.71. The molecule has 0 aliphatic heterocycles. The Morgan fingerprint density at radius 2 is 1.74 bits per heavy atom. The van der Waals surface area contributed by atoms with E-state index in [9.17, 15) is 9.59 Å². The molecule has 6 nitrogen and oxygen atoms in total. The minimum absolute atomic E-state index is 0.0252.